The molecular weight excluding hydrogens is 314 g/mol. The van der Waals surface area contributed by atoms with Crippen molar-refractivity contribution in [3.63, 3.8) is 0 Å². The fourth-order valence-corrected chi connectivity index (χ4v) is 2.72. The van der Waals surface area contributed by atoms with Crippen molar-refractivity contribution in [2.75, 3.05) is 12.9 Å². The van der Waals surface area contributed by atoms with Crippen molar-refractivity contribution in [3.8, 4) is 23.1 Å². The van der Waals surface area contributed by atoms with E-state index < -0.39 is 0 Å². The van der Waals surface area contributed by atoms with E-state index in [-0.39, 0.29) is 5.56 Å². The predicted molar refractivity (Wildman–Crippen MR) is 86.5 cm³/mol. The Bertz CT molecular complexity index is 924. The topological polar surface area (TPSA) is 96.1 Å². The molecule has 3 aromatic rings. The van der Waals surface area contributed by atoms with Crippen LogP contribution in [0.4, 0.5) is 0 Å². The van der Waals surface area contributed by atoms with E-state index in [2.05, 4.69) is 21.1 Å². The number of hydrogen-bond donors (Lipinski definition) is 1. The molecule has 0 spiro atoms. The largest absolute Gasteiger partial charge is 0.497 e. The minimum Gasteiger partial charge on any atom is -0.497 e. The van der Waals surface area contributed by atoms with E-state index in [0.717, 1.165) is 11.3 Å². The number of nitrogens with one attached hydrogen (secondary N) is 1. The minimum atomic E-state index is -0.236. The molecule has 23 heavy (non-hydrogen) atoms. The Kier molecular flexibility index (Phi) is 4.30. The number of nitriles is 1. The zero-order valence-electron chi connectivity index (χ0n) is 12.3. The average molecular weight is 327 g/mol. The molecule has 0 aliphatic rings. The Morgan fingerprint density at radius 3 is 2.83 bits per heavy atom. The van der Waals surface area contributed by atoms with Gasteiger partial charge in [0.25, 0.3) is 11.3 Å². The Balaban J connectivity index is 1.96. The number of benzene rings is 1. The molecule has 0 atom stereocenters. The van der Waals surface area contributed by atoms with Crippen molar-refractivity contribution >= 4 is 17.5 Å². The molecule has 0 aliphatic carbocycles. The number of thioether (sulfide) groups is 1. The highest BCUT2D eigenvalue weighted by Crippen LogP contribution is 2.20. The Morgan fingerprint density at radius 2 is 2.13 bits per heavy atom. The van der Waals surface area contributed by atoms with Gasteiger partial charge in [0.15, 0.2) is 5.16 Å². The van der Waals surface area contributed by atoms with E-state index >= 15 is 0 Å². The maximum atomic E-state index is 12.2. The second-order valence-electron chi connectivity index (χ2n) is 4.63. The summed E-state index contributed by atoms with van der Waals surface area (Å²) in [7, 11) is 1.60. The summed E-state index contributed by atoms with van der Waals surface area (Å²) in [4.78, 5) is 20.9. The van der Waals surface area contributed by atoms with E-state index in [9.17, 15) is 4.79 Å². The summed E-state index contributed by atoms with van der Waals surface area (Å²) in [6, 6.07) is 10.8. The second kappa shape index (κ2) is 6.54. The summed E-state index contributed by atoms with van der Waals surface area (Å²) < 4.78 is 6.41. The Morgan fingerprint density at radius 1 is 1.35 bits per heavy atom. The molecule has 0 saturated carbocycles. The van der Waals surface area contributed by atoms with Gasteiger partial charge in [-0.3, -0.25) is 9.89 Å². The van der Waals surface area contributed by atoms with Crippen LogP contribution in [0, 0.1) is 11.3 Å². The molecule has 0 bridgehead atoms. The van der Waals surface area contributed by atoms with E-state index in [0.29, 0.717) is 28.8 Å². The fraction of sp³-hybridized carbons (Fsp3) is 0.200. The summed E-state index contributed by atoms with van der Waals surface area (Å²) in [6.45, 7) is 0. The highest BCUT2D eigenvalue weighted by atomic mass is 32.2. The molecular formula is C15H13N5O2S. The maximum Gasteiger partial charge on any atom is 0.274 e. The third-order valence-electron chi connectivity index (χ3n) is 3.15. The zero-order valence-corrected chi connectivity index (χ0v) is 13.1. The first kappa shape index (κ1) is 15.1. The average Bonchev–Trinajstić information content (AvgIpc) is 2.99. The quantitative estimate of drug-likeness (QED) is 0.569. The van der Waals surface area contributed by atoms with E-state index in [1.807, 2.05) is 24.3 Å². The van der Waals surface area contributed by atoms with Crippen LogP contribution in [-0.2, 0) is 0 Å². The molecule has 1 aromatic carbocycles. The summed E-state index contributed by atoms with van der Waals surface area (Å²) >= 11 is 1.38. The third kappa shape index (κ3) is 3.19. The standard InChI is InChI=1S/C15H13N5O2S/c1-22-11-5-3-10(4-6-11)12-9-13(21)20-14(17-12)18-15(19-20)23-8-2-7-16/h3-6,9H,2,8H2,1H3,(H,17,18,19). The third-order valence-corrected chi connectivity index (χ3v) is 4.01. The van der Waals surface area contributed by atoms with Gasteiger partial charge in [-0.15, -0.1) is 0 Å². The molecule has 3 rings (SSSR count). The van der Waals surface area contributed by atoms with Gasteiger partial charge in [0.05, 0.1) is 18.9 Å². The van der Waals surface area contributed by atoms with Crippen molar-refractivity contribution < 1.29 is 4.74 Å². The van der Waals surface area contributed by atoms with E-state index in [4.69, 9.17) is 10.00 Å². The molecule has 2 aromatic heterocycles. The zero-order chi connectivity index (χ0) is 16.2. The number of H-pyrrole nitrogens is 1. The lowest BCUT2D eigenvalue weighted by atomic mass is 10.1. The molecule has 2 heterocycles. The SMILES string of the molecule is COc1ccc(-c2cc(=O)n3[nH]c(SCCC#N)nc3n2)cc1. The van der Waals surface area contributed by atoms with Crippen molar-refractivity contribution in [2.24, 2.45) is 0 Å². The van der Waals surface area contributed by atoms with Crippen LogP contribution >= 0.6 is 11.8 Å². The van der Waals surface area contributed by atoms with Gasteiger partial charge in [0, 0.05) is 23.8 Å². The molecule has 0 aliphatic heterocycles. The number of hydrogen-bond acceptors (Lipinski definition) is 6. The summed E-state index contributed by atoms with van der Waals surface area (Å²) in [5, 5.41) is 12.0. The van der Waals surface area contributed by atoms with Crippen LogP contribution in [0.25, 0.3) is 17.0 Å². The van der Waals surface area contributed by atoms with Crippen molar-refractivity contribution in [1.82, 2.24) is 19.6 Å². The number of aromatic amines is 1. The van der Waals surface area contributed by atoms with Crippen LogP contribution in [0.2, 0.25) is 0 Å². The molecule has 0 unspecified atom stereocenters. The molecule has 0 radical (unpaired) electrons. The first-order valence-corrected chi connectivity index (χ1v) is 7.84. The van der Waals surface area contributed by atoms with Gasteiger partial charge < -0.3 is 4.74 Å². The fourth-order valence-electron chi connectivity index (χ4n) is 2.03. The van der Waals surface area contributed by atoms with Gasteiger partial charge in [0.1, 0.15) is 5.75 Å². The number of ether oxygens (including phenoxy) is 1. The van der Waals surface area contributed by atoms with Gasteiger partial charge in [0.2, 0.25) is 0 Å². The predicted octanol–water partition coefficient (Wildman–Crippen LogP) is 2.10. The number of rotatable bonds is 5. The van der Waals surface area contributed by atoms with Crippen LogP contribution in [-0.4, -0.2) is 32.4 Å². The van der Waals surface area contributed by atoms with Crippen LogP contribution in [0.3, 0.4) is 0 Å². The van der Waals surface area contributed by atoms with E-state index in [1.165, 1.54) is 22.3 Å². The van der Waals surface area contributed by atoms with Gasteiger partial charge in [-0.25, -0.2) is 4.98 Å². The molecule has 116 valence electrons. The number of nitrogens with zero attached hydrogens (tertiary/aromatic N) is 4. The minimum absolute atomic E-state index is 0.236. The van der Waals surface area contributed by atoms with Crippen molar-refractivity contribution in [3.05, 3.63) is 40.7 Å². The molecule has 0 saturated heterocycles. The van der Waals surface area contributed by atoms with Gasteiger partial charge in [-0.2, -0.15) is 14.8 Å². The highest BCUT2D eigenvalue weighted by Gasteiger charge is 2.09. The molecule has 8 heteroatoms. The first-order valence-electron chi connectivity index (χ1n) is 6.85. The summed E-state index contributed by atoms with van der Waals surface area (Å²) in [6.07, 6.45) is 0.418. The summed E-state index contributed by atoms with van der Waals surface area (Å²) in [5.41, 5.74) is 1.13. The summed E-state index contributed by atoms with van der Waals surface area (Å²) in [5.74, 6) is 1.65. The van der Waals surface area contributed by atoms with E-state index in [1.54, 1.807) is 7.11 Å². The van der Waals surface area contributed by atoms with Crippen LogP contribution < -0.4 is 10.3 Å². The number of aromatic nitrogens is 4. The molecule has 1 N–H and O–H groups in total. The Hall–Kier alpha value is -2.79. The molecule has 0 fully saturated rings. The number of methoxy groups -OCH3 is 1. The van der Waals surface area contributed by atoms with Crippen LogP contribution in [0.15, 0.2) is 40.3 Å². The van der Waals surface area contributed by atoms with Gasteiger partial charge in [-0.1, -0.05) is 11.8 Å². The first-order chi connectivity index (χ1) is 11.2. The lowest BCUT2D eigenvalue weighted by molar-refractivity contribution is 0.415. The van der Waals surface area contributed by atoms with Crippen LogP contribution in [0.5, 0.6) is 5.75 Å². The van der Waals surface area contributed by atoms with Crippen molar-refractivity contribution in [1.29, 1.82) is 5.26 Å². The normalized spacial score (nSPS) is 10.6. The lowest BCUT2D eigenvalue weighted by Crippen LogP contribution is -2.14. The van der Waals surface area contributed by atoms with Crippen molar-refractivity contribution in [2.45, 2.75) is 11.6 Å². The van der Waals surface area contributed by atoms with Gasteiger partial charge >= 0.3 is 0 Å². The lowest BCUT2D eigenvalue weighted by Gasteiger charge is -2.02. The number of fused-ring (bicyclic) bond motifs is 1. The molecule has 0 amide bonds. The second-order valence-corrected chi connectivity index (χ2v) is 5.71. The monoisotopic (exact) mass is 327 g/mol. The highest BCUT2D eigenvalue weighted by molar-refractivity contribution is 7.99. The van der Waals surface area contributed by atoms with Gasteiger partial charge in [-0.05, 0) is 24.3 Å². The Labute approximate surface area is 135 Å². The van der Waals surface area contributed by atoms with Crippen LogP contribution in [0.1, 0.15) is 6.42 Å². The molecule has 7 nitrogen and oxygen atoms in total. The smallest absolute Gasteiger partial charge is 0.274 e. The maximum absolute atomic E-state index is 12.2.